The van der Waals surface area contributed by atoms with Crippen molar-refractivity contribution in [1.29, 1.82) is 0 Å². The van der Waals surface area contributed by atoms with E-state index in [1.165, 1.54) is 11.1 Å². The lowest BCUT2D eigenvalue weighted by molar-refractivity contribution is 1.09. The average Bonchev–Trinajstić information content (AvgIpc) is 2.34. The van der Waals surface area contributed by atoms with Crippen LogP contribution in [0.4, 0.5) is 0 Å². The first kappa shape index (κ1) is 24.4. The van der Waals surface area contributed by atoms with Crippen LogP contribution in [0.3, 0.4) is 0 Å². The SMILES string of the molecule is C/C=C(/C)C=C(C)CC.C=CC.CC.CC. The molecule has 0 nitrogen and oxygen atoms in total. The van der Waals surface area contributed by atoms with Crippen LogP contribution in [0.15, 0.2) is 36.0 Å². The molecule has 0 aliphatic rings. The highest BCUT2D eigenvalue weighted by Crippen LogP contribution is 2.03. The van der Waals surface area contributed by atoms with Gasteiger partial charge in [0.25, 0.3) is 0 Å². The van der Waals surface area contributed by atoms with Gasteiger partial charge in [0.05, 0.1) is 0 Å². The fourth-order valence-electron chi connectivity index (χ4n) is 0.574. The first-order valence-electron chi connectivity index (χ1n) is 6.49. The van der Waals surface area contributed by atoms with Gasteiger partial charge in [-0.2, -0.15) is 0 Å². The highest BCUT2D eigenvalue weighted by atomic mass is 13.9. The Kier molecular flexibility index (Phi) is 44.7. The monoisotopic (exact) mass is 226 g/mol. The zero-order valence-corrected chi connectivity index (χ0v) is 13.1. The van der Waals surface area contributed by atoms with Gasteiger partial charge in [-0.15, -0.1) is 6.58 Å². The molecule has 0 aromatic rings. The Morgan fingerprint density at radius 1 is 1.00 bits per heavy atom. The molecule has 0 saturated heterocycles. The molecule has 0 aliphatic heterocycles. The molecule has 0 bridgehead atoms. The zero-order chi connectivity index (χ0) is 14.0. The Morgan fingerprint density at radius 2 is 1.31 bits per heavy atom. The minimum atomic E-state index is 1.16. The largest absolute Gasteiger partial charge is 0.103 e. The van der Waals surface area contributed by atoms with E-state index in [0.29, 0.717) is 0 Å². The highest BCUT2D eigenvalue weighted by Gasteiger charge is 1.82. The lowest BCUT2D eigenvalue weighted by Crippen LogP contribution is -1.72. The molecule has 0 fully saturated rings. The minimum absolute atomic E-state index is 1.16. The van der Waals surface area contributed by atoms with Crippen LogP contribution in [0.5, 0.6) is 0 Å². The normalized spacial score (nSPS) is 9.56. The Bertz CT molecular complexity index is 159. The Balaban J connectivity index is -0.0000000864. The van der Waals surface area contributed by atoms with Crippen molar-refractivity contribution in [1.82, 2.24) is 0 Å². The molecular formula is C16H34. The van der Waals surface area contributed by atoms with Crippen LogP contribution in [0.1, 0.15) is 68.7 Å². The summed E-state index contributed by atoms with van der Waals surface area (Å²) in [6, 6.07) is 0. The van der Waals surface area contributed by atoms with Gasteiger partial charge in [0.2, 0.25) is 0 Å². The fourth-order valence-corrected chi connectivity index (χ4v) is 0.574. The van der Waals surface area contributed by atoms with E-state index in [1.807, 2.05) is 34.6 Å². The van der Waals surface area contributed by atoms with Crippen molar-refractivity contribution < 1.29 is 0 Å². The first-order chi connectivity index (χ1) is 7.62. The summed E-state index contributed by atoms with van der Waals surface area (Å²) in [7, 11) is 0. The molecule has 0 saturated carbocycles. The molecule has 0 spiro atoms. The summed E-state index contributed by atoms with van der Waals surface area (Å²) < 4.78 is 0. The summed E-state index contributed by atoms with van der Waals surface area (Å²) in [4.78, 5) is 0. The van der Waals surface area contributed by atoms with Crippen molar-refractivity contribution in [3.05, 3.63) is 36.0 Å². The van der Waals surface area contributed by atoms with Crippen LogP contribution in [0, 0.1) is 0 Å². The molecule has 0 unspecified atom stereocenters. The van der Waals surface area contributed by atoms with Crippen molar-refractivity contribution in [2.45, 2.75) is 68.7 Å². The molecule has 0 atom stereocenters. The van der Waals surface area contributed by atoms with Gasteiger partial charge in [0, 0.05) is 0 Å². The van der Waals surface area contributed by atoms with E-state index in [9.17, 15) is 0 Å². The van der Waals surface area contributed by atoms with E-state index in [0.717, 1.165) is 6.42 Å². The quantitative estimate of drug-likeness (QED) is 0.370. The second-order valence-corrected chi connectivity index (χ2v) is 2.79. The molecule has 16 heavy (non-hydrogen) atoms. The molecule has 98 valence electrons. The van der Waals surface area contributed by atoms with Gasteiger partial charge >= 0.3 is 0 Å². The van der Waals surface area contributed by atoms with Crippen molar-refractivity contribution >= 4 is 0 Å². The summed E-state index contributed by atoms with van der Waals surface area (Å²) >= 11 is 0. The maximum Gasteiger partial charge on any atom is -0.0348 e. The molecule has 0 radical (unpaired) electrons. The molecule has 0 heteroatoms. The molecule has 0 amide bonds. The van der Waals surface area contributed by atoms with E-state index < -0.39 is 0 Å². The molecule has 0 rings (SSSR count). The van der Waals surface area contributed by atoms with Crippen molar-refractivity contribution in [3.8, 4) is 0 Å². The van der Waals surface area contributed by atoms with E-state index in [-0.39, 0.29) is 0 Å². The third-order valence-corrected chi connectivity index (χ3v) is 1.49. The number of hydrogen-bond donors (Lipinski definition) is 0. The van der Waals surface area contributed by atoms with Crippen molar-refractivity contribution in [2.24, 2.45) is 0 Å². The van der Waals surface area contributed by atoms with Crippen LogP contribution in [0.25, 0.3) is 0 Å². The molecule has 0 aromatic carbocycles. The van der Waals surface area contributed by atoms with Crippen LogP contribution in [-0.4, -0.2) is 0 Å². The van der Waals surface area contributed by atoms with Gasteiger partial charge in [-0.05, 0) is 34.1 Å². The summed E-state index contributed by atoms with van der Waals surface area (Å²) in [5.41, 5.74) is 2.81. The summed E-state index contributed by atoms with van der Waals surface area (Å²) in [6.45, 7) is 21.8. The number of rotatable bonds is 2. The van der Waals surface area contributed by atoms with Gasteiger partial charge in [-0.25, -0.2) is 0 Å². The lowest BCUT2D eigenvalue weighted by Gasteiger charge is -1.93. The molecule has 0 heterocycles. The standard InChI is InChI=1S/C9H16.C3H6.2C2H6/c1-5-8(3)7-9(4)6-2;1-3-2;2*1-2/h5,7H,6H2,1-4H3;3H,1H2,2H3;2*1-2H3/b8-5-,9-7?;;;. The smallest absolute Gasteiger partial charge is 0.0348 e. The van der Waals surface area contributed by atoms with E-state index in [1.54, 1.807) is 6.08 Å². The first-order valence-corrected chi connectivity index (χ1v) is 6.49. The van der Waals surface area contributed by atoms with Gasteiger partial charge in [-0.1, -0.05) is 64.0 Å². The Labute approximate surface area is 105 Å². The second-order valence-electron chi connectivity index (χ2n) is 2.79. The maximum absolute atomic E-state index is 3.36. The van der Waals surface area contributed by atoms with Crippen LogP contribution < -0.4 is 0 Å². The maximum atomic E-state index is 3.36. The molecule has 0 N–H and O–H groups in total. The van der Waals surface area contributed by atoms with Gasteiger partial charge in [0.15, 0.2) is 0 Å². The number of allylic oxidation sites excluding steroid dienone is 5. The number of hydrogen-bond acceptors (Lipinski definition) is 0. The van der Waals surface area contributed by atoms with Crippen LogP contribution in [0.2, 0.25) is 0 Å². The average molecular weight is 226 g/mol. The van der Waals surface area contributed by atoms with Crippen LogP contribution >= 0.6 is 0 Å². The van der Waals surface area contributed by atoms with E-state index in [4.69, 9.17) is 0 Å². The lowest BCUT2D eigenvalue weighted by atomic mass is 10.1. The third kappa shape index (κ3) is 37.9. The Hall–Kier alpha value is -0.780. The third-order valence-electron chi connectivity index (χ3n) is 1.49. The fraction of sp³-hybridized carbons (Fsp3) is 0.625. The van der Waals surface area contributed by atoms with Crippen molar-refractivity contribution in [3.63, 3.8) is 0 Å². The summed E-state index contributed by atoms with van der Waals surface area (Å²) in [6.07, 6.45) is 7.25. The topological polar surface area (TPSA) is 0 Å². The minimum Gasteiger partial charge on any atom is -0.103 e. The second kappa shape index (κ2) is 29.2. The van der Waals surface area contributed by atoms with Crippen molar-refractivity contribution in [2.75, 3.05) is 0 Å². The predicted octanol–water partition coefficient (Wildman–Crippen LogP) is 6.55. The molecular weight excluding hydrogens is 192 g/mol. The van der Waals surface area contributed by atoms with Gasteiger partial charge < -0.3 is 0 Å². The molecule has 0 aliphatic carbocycles. The van der Waals surface area contributed by atoms with E-state index >= 15 is 0 Å². The van der Waals surface area contributed by atoms with Gasteiger partial charge in [-0.3, -0.25) is 0 Å². The zero-order valence-electron chi connectivity index (χ0n) is 13.1. The van der Waals surface area contributed by atoms with E-state index in [2.05, 4.69) is 46.4 Å². The summed E-state index contributed by atoms with van der Waals surface area (Å²) in [5.74, 6) is 0. The predicted molar refractivity (Wildman–Crippen MR) is 82.0 cm³/mol. The van der Waals surface area contributed by atoms with Gasteiger partial charge in [0.1, 0.15) is 0 Å². The molecule has 0 aromatic heterocycles. The van der Waals surface area contributed by atoms with Crippen LogP contribution in [-0.2, 0) is 0 Å². The summed E-state index contributed by atoms with van der Waals surface area (Å²) in [5, 5.41) is 0. The highest BCUT2D eigenvalue weighted by molar-refractivity contribution is 5.19. The Morgan fingerprint density at radius 3 is 1.50 bits per heavy atom.